The van der Waals surface area contributed by atoms with Gasteiger partial charge in [-0.05, 0) is 66.5 Å². The minimum atomic E-state index is -0.834. The highest BCUT2D eigenvalue weighted by atomic mass is 35.5. The number of hydrogen-bond acceptors (Lipinski definition) is 9. The van der Waals surface area contributed by atoms with E-state index in [0.717, 1.165) is 38.6 Å². The number of hydrogen-bond donors (Lipinski definition) is 2. The van der Waals surface area contributed by atoms with Gasteiger partial charge in [0, 0.05) is 20.2 Å². The van der Waals surface area contributed by atoms with Gasteiger partial charge in [-0.1, -0.05) is 24.5 Å². The summed E-state index contributed by atoms with van der Waals surface area (Å²) in [6.45, 7) is 8.92. The van der Waals surface area contributed by atoms with Crippen LogP contribution in [0.1, 0.15) is 65.7 Å². The second-order valence-electron chi connectivity index (χ2n) is 11.8. The number of methoxy groups -OCH3 is 2. The van der Waals surface area contributed by atoms with Gasteiger partial charge in [-0.25, -0.2) is 9.59 Å². The van der Waals surface area contributed by atoms with E-state index in [-0.39, 0.29) is 17.6 Å². The average molecular weight is 602 g/mol. The standard InChI is InChI=1S/C29H48ClN3O8/c1-19(2)11-12-22-28(3,41-22)24-23(37-5)21(13-14-29(24)18-39-29)40-27(36)32-25(34)20(30)10-8-7-9-16-33(4)17-15-31-26(35)38-6/h11,20-24H,7-10,12-18H2,1-6H3,(H,31,35)(H,32,34,36)/t20?,21?,22-,23?,24?,28+,29+/m1/s1. The van der Waals surface area contributed by atoms with Crippen LogP contribution in [0.4, 0.5) is 9.59 Å². The van der Waals surface area contributed by atoms with Crippen molar-refractivity contribution in [2.45, 2.75) is 101 Å². The third kappa shape index (κ3) is 9.28. The number of halogens is 1. The molecular weight excluding hydrogens is 554 g/mol. The topological polar surface area (TPSA) is 131 Å². The van der Waals surface area contributed by atoms with E-state index >= 15 is 0 Å². The Balaban J connectivity index is 1.40. The van der Waals surface area contributed by atoms with E-state index in [1.54, 1.807) is 7.11 Å². The lowest BCUT2D eigenvalue weighted by molar-refractivity contribution is -0.125. The van der Waals surface area contributed by atoms with Gasteiger partial charge < -0.3 is 33.9 Å². The number of carbonyl (C=O) groups is 3. The largest absolute Gasteiger partial charge is 0.453 e. The molecule has 0 aromatic heterocycles. The van der Waals surface area contributed by atoms with Crippen LogP contribution in [0.25, 0.3) is 0 Å². The Hall–Kier alpha value is -1.92. The Kier molecular flexibility index (Phi) is 12.3. The van der Waals surface area contributed by atoms with Gasteiger partial charge in [-0.3, -0.25) is 10.1 Å². The van der Waals surface area contributed by atoms with Crippen LogP contribution in [-0.2, 0) is 28.5 Å². The van der Waals surface area contributed by atoms with Crippen molar-refractivity contribution in [2.24, 2.45) is 5.92 Å². The molecule has 234 valence electrons. The zero-order valence-electron chi connectivity index (χ0n) is 25.3. The third-order valence-electron chi connectivity index (χ3n) is 8.45. The number of amides is 3. The van der Waals surface area contributed by atoms with Crippen LogP contribution in [0.5, 0.6) is 0 Å². The van der Waals surface area contributed by atoms with Crippen LogP contribution in [-0.4, -0.2) is 105 Å². The molecule has 0 bridgehead atoms. The number of nitrogens with zero attached hydrogens (tertiary/aromatic N) is 1. The Morgan fingerprint density at radius 2 is 1.88 bits per heavy atom. The highest BCUT2D eigenvalue weighted by Gasteiger charge is 2.72. The van der Waals surface area contributed by atoms with E-state index < -0.39 is 41.3 Å². The Bertz CT molecular complexity index is 941. The fraction of sp³-hybridized carbons (Fsp3) is 0.828. The minimum absolute atomic E-state index is 0.0521. The van der Waals surface area contributed by atoms with Crippen molar-refractivity contribution in [1.29, 1.82) is 0 Å². The number of likely N-dealkylation sites (N-methyl/N-ethyl adjacent to an activating group) is 1. The molecule has 0 aromatic rings. The summed E-state index contributed by atoms with van der Waals surface area (Å²) in [6.07, 6.45) is 5.12. The number of nitrogens with one attached hydrogen (secondary N) is 2. The molecule has 2 heterocycles. The fourth-order valence-electron chi connectivity index (χ4n) is 5.96. The van der Waals surface area contributed by atoms with E-state index in [4.69, 9.17) is 30.5 Å². The first-order chi connectivity index (χ1) is 19.5. The van der Waals surface area contributed by atoms with E-state index in [1.807, 2.05) is 7.05 Å². The summed E-state index contributed by atoms with van der Waals surface area (Å²) >= 11 is 6.29. The highest BCUT2D eigenvalue weighted by Crippen LogP contribution is 2.59. The number of rotatable bonds is 15. The van der Waals surface area contributed by atoms with Gasteiger partial charge in [0.25, 0.3) is 0 Å². The molecule has 3 aliphatic rings. The number of alkyl halides is 1. The maximum absolute atomic E-state index is 12.7. The van der Waals surface area contributed by atoms with Gasteiger partial charge in [-0.15, -0.1) is 11.6 Å². The zero-order valence-corrected chi connectivity index (χ0v) is 26.1. The number of alkyl carbamates (subject to hydrolysis) is 2. The number of carbonyl (C=O) groups excluding carboxylic acids is 3. The molecule has 1 spiro atoms. The molecule has 2 aliphatic heterocycles. The van der Waals surface area contributed by atoms with E-state index in [0.29, 0.717) is 32.5 Å². The SMILES string of the molecule is COC(=O)NCCN(C)CCCCCC(Cl)C(=O)NC(=O)OC1CC[C@]2(CO2)C([C@@]2(C)O[C@@H]2CC=C(C)C)C1OC. The van der Waals surface area contributed by atoms with Gasteiger partial charge >= 0.3 is 12.2 Å². The second-order valence-corrected chi connectivity index (χ2v) is 12.4. The minimum Gasteiger partial charge on any atom is -0.453 e. The molecule has 0 radical (unpaired) electrons. The summed E-state index contributed by atoms with van der Waals surface area (Å²) < 4.78 is 28.3. The van der Waals surface area contributed by atoms with Crippen LogP contribution >= 0.6 is 11.6 Å². The molecule has 3 fully saturated rings. The molecule has 11 nitrogen and oxygen atoms in total. The highest BCUT2D eigenvalue weighted by molar-refractivity contribution is 6.31. The number of epoxide rings is 2. The summed E-state index contributed by atoms with van der Waals surface area (Å²) in [7, 11) is 4.92. The number of imide groups is 1. The van der Waals surface area contributed by atoms with Gasteiger partial charge in [0.1, 0.15) is 28.8 Å². The van der Waals surface area contributed by atoms with Crippen molar-refractivity contribution in [3.8, 4) is 0 Å². The summed E-state index contributed by atoms with van der Waals surface area (Å²) in [6, 6.07) is 0. The number of ether oxygens (including phenoxy) is 5. The maximum Gasteiger partial charge on any atom is 0.414 e. The summed E-state index contributed by atoms with van der Waals surface area (Å²) in [5.41, 5.74) is 0.479. The summed E-state index contributed by atoms with van der Waals surface area (Å²) in [5, 5.41) is 4.11. The molecule has 0 aromatic carbocycles. The molecule has 2 saturated heterocycles. The first-order valence-corrected chi connectivity index (χ1v) is 15.0. The zero-order chi connectivity index (χ0) is 30.2. The van der Waals surface area contributed by atoms with Crippen LogP contribution in [0.2, 0.25) is 0 Å². The Labute approximate surface area is 248 Å². The first-order valence-electron chi connectivity index (χ1n) is 14.6. The lowest BCUT2D eigenvalue weighted by Gasteiger charge is -2.42. The molecule has 1 aliphatic carbocycles. The molecule has 4 unspecified atom stereocenters. The number of unbranched alkanes of at least 4 members (excludes halogenated alkanes) is 2. The molecule has 7 atom stereocenters. The molecule has 3 amide bonds. The predicted octanol–water partition coefficient (Wildman–Crippen LogP) is 3.77. The van der Waals surface area contributed by atoms with E-state index in [1.165, 1.54) is 12.7 Å². The Morgan fingerprint density at radius 1 is 1.15 bits per heavy atom. The average Bonchev–Trinajstić information content (AvgIpc) is 3.84. The van der Waals surface area contributed by atoms with Crippen molar-refractivity contribution < 1.29 is 38.1 Å². The van der Waals surface area contributed by atoms with Crippen molar-refractivity contribution in [3.63, 3.8) is 0 Å². The maximum atomic E-state index is 12.7. The Morgan fingerprint density at radius 3 is 2.51 bits per heavy atom. The second kappa shape index (κ2) is 15.0. The lowest BCUT2D eigenvalue weighted by atomic mass is 9.68. The van der Waals surface area contributed by atoms with Crippen LogP contribution in [0.3, 0.4) is 0 Å². The normalized spacial score (nSPS) is 30.8. The van der Waals surface area contributed by atoms with Gasteiger partial charge in [0.15, 0.2) is 0 Å². The fourth-order valence-corrected chi connectivity index (χ4v) is 6.17. The molecule has 41 heavy (non-hydrogen) atoms. The summed E-state index contributed by atoms with van der Waals surface area (Å²) in [4.78, 5) is 38.5. The monoisotopic (exact) mass is 601 g/mol. The smallest absolute Gasteiger partial charge is 0.414 e. The third-order valence-corrected chi connectivity index (χ3v) is 8.87. The molecular formula is C29H48ClN3O8. The first kappa shape index (κ1) is 33.6. The molecule has 1 saturated carbocycles. The molecule has 2 N–H and O–H groups in total. The lowest BCUT2D eigenvalue weighted by Crippen LogP contribution is -2.56. The summed E-state index contributed by atoms with van der Waals surface area (Å²) in [5.74, 6) is -0.660. The number of allylic oxidation sites excluding steroid dienone is 1. The van der Waals surface area contributed by atoms with Crippen LogP contribution < -0.4 is 10.6 Å². The van der Waals surface area contributed by atoms with E-state index in [9.17, 15) is 14.4 Å². The van der Waals surface area contributed by atoms with Gasteiger partial charge in [0.2, 0.25) is 5.91 Å². The van der Waals surface area contributed by atoms with Gasteiger partial charge in [0.05, 0.1) is 25.7 Å². The van der Waals surface area contributed by atoms with Crippen molar-refractivity contribution in [1.82, 2.24) is 15.5 Å². The van der Waals surface area contributed by atoms with Gasteiger partial charge in [-0.2, -0.15) is 0 Å². The van der Waals surface area contributed by atoms with Crippen molar-refractivity contribution in [2.75, 3.05) is 47.5 Å². The molecule has 12 heteroatoms. The van der Waals surface area contributed by atoms with Crippen LogP contribution in [0, 0.1) is 5.92 Å². The van der Waals surface area contributed by atoms with E-state index in [2.05, 4.69) is 47.1 Å². The quantitative estimate of drug-likeness (QED) is 0.125. The molecule has 3 rings (SSSR count). The van der Waals surface area contributed by atoms with Crippen molar-refractivity contribution >= 4 is 29.7 Å². The van der Waals surface area contributed by atoms with Crippen LogP contribution in [0.15, 0.2) is 11.6 Å². The van der Waals surface area contributed by atoms with Crippen molar-refractivity contribution in [3.05, 3.63) is 11.6 Å². The predicted molar refractivity (Wildman–Crippen MR) is 154 cm³/mol.